The Morgan fingerprint density at radius 2 is 2.00 bits per heavy atom. The molecule has 0 atom stereocenters. The van der Waals surface area contributed by atoms with Gasteiger partial charge in [-0.05, 0) is 30.5 Å². The molecule has 0 radical (unpaired) electrons. The van der Waals surface area contributed by atoms with Gasteiger partial charge < -0.3 is 10.4 Å². The molecule has 1 aromatic carbocycles. The molecule has 0 bridgehead atoms. The van der Waals surface area contributed by atoms with Crippen molar-refractivity contribution < 1.29 is 9.90 Å². The Kier molecular flexibility index (Phi) is 5.76. The average molecular weight is 232 g/mol. The molecule has 0 aliphatic heterocycles. The Morgan fingerprint density at radius 1 is 1.29 bits per heavy atom. The molecule has 1 aromatic rings. The summed E-state index contributed by atoms with van der Waals surface area (Å²) in [5, 5.41) is 19.9. The summed E-state index contributed by atoms with van der Waals surface area (Å²) in [4.78, 5) is 11.5. The summed E-state index contributed by atoms with van der Waals surface area (Å²) in [6.07, 6.45) is 2.13. The van der Waals surface area contributed by atoms with E-state index in [1.165, 1.54) is 0 Å². The first-order chi connectivity index (χ1) is 8.26. The van der Waals surface area contributed by atoms with E-state index in [1.54, 1.807) is 12.1 Å². The Labute approximate surface area is 101 Å². The number of nitrogens with zero attached hydrogens (tertiary/aromatic N) is 1. The van der Waals surface area contributed by atoms with Crippen molar-refractivity contribution in [3.8, 4) is 6.07 Å². The number of hydrogen-bond donors (Lipinski definition) is 2. The highest BCUT2D eigenvalue weighted by Gasteiger charge is 2.01. The normalized spacial score (nSPS) is 9.65. The molecule has 1 amide bonds. The summed E-state index contributed by atoms with van der Waals surface area (Å²) in [6, 6.07) is 9.30. The van der Waals surface area contributed by atoms with Crippen LogP contribution in [0.25, 0.3) is 0 Å². The van der Waals surface area contributed by atoms with Crippen molar-refractivity contribution in [2.24, 2.45) is 0 Å². The third-order valence-electron chi connectivity index (χ3n) is 2.33. The summed E-state index contributed by atoms with van der Waals surface area (Å²) in [6.45, 7) is 0.121. The maximum absolute atomic E-state index is 11.5. The van der Waals surface area contributed by atoms with Crippen LogP contribution in [0.3, 0.4) is 0 Å². The van der Waals surface area contributed by atoms with E-state index in [0.29, 0.717) is 25.7 Å². The van der Waals surface area contributed by atoms with Gasteiger partial charge in [-0.25, -0.2) is 0 Å². The summed E-state index contributed by atoms with van der Waals surface area (Å²) in [5.41, 5.74) is 1.67. The van der Waals surface area contributed by atoms with Crippen molar-refractivity contribution in [2.45, 2.75) is 25.7 Å². The second kappa shape index (κ2) is 7.42. The first kappa shape index (κ1) is 13.2. The number of hydrogen-bond acceptors (Lipinski definition) is 3. The molecule has 0 aromatic heterocycles. The molecule has 2 N–H and O–H groups in total. The molecule has 0 saturated heterocycles. The van der Waals surface area contributed by atoms with Crippen molar-refractivity contribution in [1.82, 2.24) is 0 Å². The molecule has 4 heteroatoms. The summed E-state index contributed by atoms with van der Waals surface area (Å²) >= 11 is 0. The third-order valence-corrected chi connectivity index (χ3v) is 2.33. The minimum absolute atomic E-state index is 0.0496. The van der Waals surface area contributed by atoms with Crippen molar-refractivity contribution in [3.05, 3.63) is 29.8 Å². The summed E-state index contributed by atoms with van der Waals surface area (Å²) in [5.74, 6) is -0.0496. The van der Waals surface area contributed by atoms with E-state index in [4.69, 9.17) is 10.4 Å². The molecule has 4 nitrogen and oxygen atoms in total. The first-order valence-electron chi connectivity index (χ1n) is 5.63. The lowest BCUT2D eigenvalue weighted by atomic mass is 10.1. The number of aliphatic hydroxyl groups is 1. The highest BCUT2D eigenvalue weighted by Crippen LogP contribution is 2.10. The number of benzene rings is 1. The maximum atomic E-state index is 11.5. The molecule has 0 heterocycles. The van der Waals surface area contributed by atoms with Crippen LogP contribution in [0.5, 0.6) is 0 Å². The number of carbonyl (C=O) groups excluding carboxylic acids is 1. The van der Waals surface area contributed by atoms with E-state index in [0.717, 1.165) is 11.3 Å². The number of aliphatic hydroxyl groups excluding tert-OH is 1. The lowest BCUT2D eigenvalue weighted by Crippen LogP contribution is -2.11. The Hall–Kier alpha value is -1.86. The Bertz CT molecular complexity index is 393. The monoisotopic (exact) mass is 232 g/mol. The smallest absolute Gasteiger partial charge is 0.224 e. The van der Waals surface area contributed by atoms with Gasteiger partial charge in [-0.2, -0.15) is 5.26 Å². The fraction of sp³-hybridized carbons (Fsp3) is 0.385. The molecular formula is C13H16N2O2. The van der Waals surface area contributed by atoms with E-state index < -0.39 is 0 Å². The molecule has 17 heavy (non-hydrogen) atoms. The van der Waals surface area contributed by atoms with Crippen LogP contribution >= 0.6 is 0 Å². The van der Waals surface area contributed by atoms with Gasteiger partial charge in [-0.1, -0.05) is 12.1 Å². The number of amides is 1. The van der Waals surface area contributed by atoms with Gasteiger partial charge in [0.05, 0.1) is 12.5 Å². The van der Waals surface area contributed by atoms with Gasteiger partial charge in [-0.15, -0.1) is 0 Å². The summed E-state index contributed by atoms with van der Waals surface area (Å²) < 4.78 is 0. The lowest BCUT2D eigenvalue weighted by molar-refractivity contribution is -0.116. The van der Waals surface area contributed by atoms with Crippen LogP contribution in [0.2, 0.25) is 0 Å². The fourth-order valence-corrected chi connectivity index (χ4v) is 1.42. The molecule has 0 unspecified atom stereocenters. The van der Waals surface area contributed by atoms with Crippen molar-refractivity contribution in [3.63, 3.8) is 0 Å². The van der Waals surface area contributed by atoms with Crippen LogP contribution in [0, 0.1) is 11.3 Å². The van der Waals surface area contributed by atoms with Crippen molar-refractivity contribution in [1.29, 1.82) is 5.26 Å². The second-order valence-corrected chi connectivity index (χ2v) is 3.76. The molecule has 0 aliphatic rings. The van der Waals surface area contributed by atoms with E-state index in [-0.39, 0.29) is 12.5 Å². The van der Waals surface area contributed by atoms with E-state index >= 15 is 0 Å². The summed E-state index contributed by atoms with van der Waals surface area (Å²) in [7, 11) is 0. The van der Waals surface area contributed by atoms with Crippen molar-refractivity contribution >= 4 is 11.6 Å². The van der Waals surface area contributed by atoms with Crippen LogP contribution in [-0.4, -0.2) is 17.6 Å². The highest BCUT2D eigenvalue weighted by atomic mass is 16.2. The van der Waals surface area contributed by atoms with Crippen LogP contribution in [0.1, 0.15) is 24.8 Å². The maximum Gasteiger partial charge on any atom is 0.224 e. The van der Waals surface area contributed by atoms with Gasteiger partial charge in [-0.3, -0.25) is 4.79 Å². The molecule has 90 valence electrons. The number of nitriles is 1. The standard InChI is InChI=1S/C13H16N2O2/c14-9-8-11-4-6-12(7-5-11)15-13(17)3-1-2-10-16/h4-7,16H,1-3,8,10H2,(H,15,17). The quantitative estimate of drug-likeness (QED) is 0.735. The van der Waals surface area contributed by atoms with Crippen LogP contribution in [-0.2, 0) is 11.2 Å². The zero-order valence-electron chi connectivity index (χ0n) is 9.65. The Morgan fingerprint density at radius 3 is 2.59 bits per heavy atom. The number of anilines is 1. The zero-order chi connectivity index (χ0) is 12.5. The van der Waals surface area contributed by atoms with E-state index in [2.05, 4.69) is 11.4 Å². The van der Waals surface area contributed by atoms with Gasteiger partial charge in [0, 0.05) is 18.7 Å². The number of carbonyl (C=O) groups is 1. The SMILES string of the molecule is N#CCc1ccc(NC(=O)CCCCO)cc1. The number of unbranched alkanes of at least 4 members (excludes halogenated alkanes) is 1. The minimum Gasteiger partial charge on any atom is -0.396 e. The van der Waals surface area contributed by atoms with E-state index in [9.17, 15) is 4.79 Å². The van der Waals surface area contributed by atoms with Crippen LogP contribution in [0.4, 0.5) is 5.69 Å². The van der Waals surface area contributed by atoms with Crippen LogP contribution < -0.4 is 5.32 Å². The van der Waals surface area contributed by atoms with Gasteiger partial charge in [0.2, 0.25) is 5.91 Å². The number of nitrogens with one attached hydrogen (secondary N) is 1. The van der Waals surface area contributed by atoms with Gasteiger partial charge in [0.1, 0.15) is 0 Å². The van der Waals surface area contributed by atoms with E-state index in [1.807, 2.05) is 12.1 Å². The van der Waals surface area contributed by atoms with Gasteiger partial charge >= 0.3 is 0 Å². The number of rotatable bonds is 6. The average Bonchev–Trinajstić information content (AvgIpc) is 2.32. The Balaban J connectivity index is 2.41. The largest absolute Gasteiger partial charge is 0.396 e. The topological polar surface area (TPSA) is 73.1 Å². The predicted molar refractivity (Wildman–Crippen MR) is 65.3 cm³/mol. The van der Waals surface area contributed by atoms with Gasteiger partial charge in [0.15, 0.2) is 0 Å². The third kappa shape index (κ3) is 5.14. The molecule has 1 rings (SSSR count). The van der Waals surface area contributed by atoms with Crippen LogP contribution in [0.15, 0.2) is 24.3 Å². The molecule has 0 aliphatic carbocycles. The highest BCUT2D eigenvalue weighted by molar-refractivity contribution is 5.90. The fourth-order valence-electron chi connectivity index (χ4n) is 1.42. The molecule has 0 fully saturated rings. The van der Waals surface area contributed by atoms with Crippen molar-refractivity contribution in [2.75, 3.05) is 11.9 Å². The first-order valence-corrected chi connectivity index (χ1v) is 5.63. The van der Waals surface area contributed by atoms with Gasteiger partial charge in [0.25, 0.3) is 0 Å². The molecular weight excluding hydrogens is 216 g/mol. The lowest BCUT2D eigenvalue weighted by Gasteiger charge is -2.05. The second-order valence-electron chi connectivity index (χ2n) is 3.76. The predicted octanol–water partition coefficient (Wildman–Crippen LogP) is 1.85. The minimum atomic E-state index is -0.0496. The zero-order valence-corrected chi connectivity index (χ0v) is 9.65. The molecule has 0 saturated carbocycles. The molecule has 0 spiro atoms.